The summed E-state index contributed by atoms with van der Waals surface area (Å²) in [5, 5.41) is 11.8. The maximum Gasteiger partial charge on any atom is 0.305 e. The fourth-order valence-corrected chi connectivity index (χ4v) is 2.13. The van der Waals surface area contributed by atoms with Crippen LogP contribution >= 0.6 is 0 Å². The number of carboxylic acids is 1. The molecule has 0 bridgehead atoms. The fourth-order valence-electron chi connectivity index (χ4n) is 2.13. The summed E-state index contributed by atoms with van der Waals surface area (Å²) in [6, 6.07) is 0.0125. The van der Waals surface area contributed by atoms with E-state index in [4.69, 9.17) is 9.84 Å². The monoisotopic (exact) mass is 258 g/mol. The van der Waals surface area contributed by atoms with Gasteiger partial charge >= 0.3 is 5.97 Å². The van der Waals surface area contributed by atoms with Crippen LogP contribution in [0.25, 0.3) is 0 Å². The SMILES string of the molecule is CNC1COCC1C(=O)N(CCC(=O)O)C(C)C. The first-order valence-electron chi connectivity index (χ1n) is 6.24. The Hall–Kier alpha value is -1.14. The lowest BCUT2D eigenvalue weighted by atomic mass is 10.0. The van der Waals surface area contributed by atoms with Crippen LogP contribution in [0, 0.1) is 5.92 Å². The number of ether oxygens (including phenoxy) is 1. The molecule has 18 heavy (non-hydrogen) atoms. The third-order valence-electron chi connectivity index (χ3n) is 3.24. The summed E-state index contributed by atoms with van der Waals surface area (Å²) < 4.78 is 5.31. The summed E-state index contributed by atoms with van der Waals surface area (Å²) in [5.74, 6) is -1.13. The number of nitrogens with zero attached hydrogens (tertiary/aromatic N) is 1. The molecule has 1 heterocycles. The maximum absolute atomic E-state index is 12.4. The molecule has 2 unspecified atom stereocenters. The van der Waals surface area contributed by atoms with Crippen molar-refractivity contribution < 1.29 is 19.4 Å². The summed E-state index contributed by atoms with van der Waals surface area (Å²) >= 11 is 0. The molecule has 0 aromatic rings. The molecular formula is C12H22N2O4. The highest BCUT2D eigenvalue weighted by atomic mass is 16.5. The van der Waals surface area contributed by atoms with Crippen molar-refractivity contribution in [3.05, 3.63) is 0 Å². The number of aliphatic carboxylic acids is 1. The van der Waals surface area contributed by atoms with E-state index in [1.807, 2.05) is 13.8 Å². The van der Waals surface area contributed by atoms with Crippen molar-refractivity contribution >= 4 is 11.9 Å². The van der Waals surface area contributed by atoms with Gasteiger partial charge in [-0.05, 0) is 20.9 Å². The minimum atomic E-state index is -0.888. The molecule has 1 rings (SSSR count). The van der Waals surface area contributed by atoms with Gasteiger partial charge in [-0.3, -0.25) is 9.59 Å². The van der Waals surface area contributed by atoms with Gasteiger partial charge in [0.05, 0.1) is 25.6 Å². The molecule has 0 aromatic heterocycles. The highest BCUT2D eigenvalue weighted by Gasteiger charge is 2.36. The largest absolute Gasteiger partial charge is 0.481 e. The Morgan fingerprint density at radius 2 is 2.11 bits per heavy atom. The van der Waals surface area contributed by atoms with Crippen molar-refractivity contribution in [2.45, 2.75) is 32.4 Å². The Balaban J connectivity index is 2.66. The second-order valence-electron chi connectivity index (χ2n) is 4.81. The summed E-state index contributed by atoms with van der Waals surface area (Å²) in [5.41, 5.74) is 0. The molecule has 6 nitrogen and oxygen atoms in total. The Kier molecular flexibility index (Phi) is 5.55. The summed E-state index contributed by atoms with van der Waals surface area (Å²) in [6.45, 7) is 4.96. The average molecular weight is 258 g/mol. The Morgan fingerprint density at radius 3 is 2.61 bits per heavy atom. The number of hydrogen-bond acceptors (Lipinski definition) is 4. The molecule has 104 valence electrons. The number of nitrogens with one attached hydrogen (secondary N) is 1. The minimum Gasteiger partial charge on any atom is -0.481 e. The number of carbonyl (C=O) groups is 2. The van der Waals surface area contributed by atoms with E-state index in [2.05, 4.69) is 5.32 Å². The van der Waals surface area contributed by atoms with Crippen LogP contribution in [0.2, 0.25) is 0 Å². The van der Waals surface area contributed by atoms with Gasteiger partial charge in [-0.1, -0.05) is 0 Å². The van der Waals surface area contributed by atoms with E-state index in [1.54, 1.807) is 11.9 Å². The standard InChI is InChI=1S/C12H22N2O4/c1-8(2)14(5-4-11(15)16)12(17)9-6-18-7-10(9)13-3/h8-10,13H,4-7H2,1-3H3,(H,15,16). The molecule has 1 saturated heterocycles. The van der Waals surface area contributed by atoms with Crippen molar-refractivity contribution in [3.8, 4) is 0 Å². The molecule has 1 amide bonds. The van der Waals surface area contributed by atoms with Crippen molar-refractivity contribution in [3.63, 3.8) is 0 Å². The second-order valence-corrected chi connectivity index (χ2v) is 4.81. The Labute approximate surface area is 107 Å². The zero-order chi connectivity index (χ0) is 13.7. The summed E-state index contributed by atoms with van der Waals surface area (Å²) in [4.78, 5) is 24.6. The molecule has 0 aliphatic carbocycles. The quantitative estimate of drug-likeness (QED) is 0.697. The number of carboxylic acid groups (broad SMARTS) is 1. The van der Waals surface area contributed by atoms with Crippen LogP contribution in [0.5, 0.6) is 0 Å². The first kappa shape index (κ1) is 14.9. The lowest BCUT2D eigenvalue weighted by Gasteiger charge is -2.30. The third kappa shape index (κ3) is 3.68. The predicted octanol–water partition coefficient (Wildman–Crippen LogP) is -0.0675. The van der Waals surface area contributed by atoms with Crippen molar-refractivity contribution in [1.82, 2.24) is 10.2 Å². The molecule has 2 N–H and O–H groups in total. The number of likely N-dealkylation sites (N-methyl/N-ethyl adjacent to an activating group) is 1. The molecule has 1 aliphatic heterocycles. The van der Waals surface area contributed by atoms with E-state index >= 15 is 0 Å². The highest BCUT2D eigenvalue weighted by molar-refractivity contribution is 5.81. The van der Waals surface area contributed by atoms with Gasteiger partial charge in [-0.15, -0.1) is 0 Å². The van der Waals surface area contributed by atoms with Gasteiger partial charge in [-0.25, -0.2) is 0 Å². The van der Waals surface area contributed by atoms with E-state index in [0.29, 0.717) is 13.2 Å². The van der Waals surface area contributed by atoms with E-state index in [9.17, 15) is 9.59 Å². The van der Waals surface area contributed by atoms with Crippen LogP contribution in [0.15, 0.2) is 0 Å². The molecule has 1 fully saturated rings. The first-order chi connectivity index (χ1) is 8.47. The highest BCUT2D eigenvalue weighted by Crippen LogP contribution is 2.18. The lowest BCUT2D eigenvalue weighted by Crippen LogP contribution is -2.47. The van der Waals surface area contributed by atoms with Crippen molar-refractivity contribution in [1.29, 1.82) is 0 Å². The Morgan fingerprint density at radius 1 is 1.44 bits per heavy atom. The zero-order valence-corrected chi connectivity index (χ0v) is 11.2. The van der Waals surface area contributed by atoms with Gasteiger partial charge < -0.3 is 20.1 Å². The van der Waals surface area contributed by atoms with Crippen LogP contribution < -0.4 is 5.32 Å². The van der Waals surface area contributed by atoms with Crippen LogP contribution in [0.1, 0.15) is 20.3 Å². The van der Waals surface area contributed by atoms with Crippen LogP contribution in [0.4, 0.5) is 0 Å². The third-order valence-corrected chi connectivity index (χ3v) is 3.24. The number of carbonyl (C=O) groups excluding carboxylic acids is 1. The van der Waals surface area contributed by atoms with Crippen LogP contribution in [-0.2, 0) is 14.3 Å². The molecule has 0 aromatic carbocycles. The summed E-state index contributed by atoms with van der Waals surface area (Å²) in [7, 11) is 1.80. The molecule has 2 atom stereocenters. The molecule has 6 heteroatoms. The van der Waals surface area contributed by atoms with Crippen molar-refractivity contribution in [2.75, 3.05) is 26.8 Å². The fraction of sp³-hybridized carbons (Fsp3) is 0.833. The Bertz CT molecular complexity index is 306. The van der Waals surface area contributed by atoms with E-state index in [1.165, 1.54) is 0 Å². The molecule has 0 radical (unpaired) electrons. The normalized spacial score (nSPS) is 23.3. The maximum atomic E-state index is 12.4. The topological polar surface area (TPSA) is 78.9 Å². The number of hydrogen-bond donors (Lipinski definition) is 2. The molecular weight excluding hydrogens is 236 g/mol. The van der Waals surface area contributed by atoms with Gasteiger partial charge in [-0.2, -0.15) is 0 Å². The predicted molar refractivity (Wildman–Crippen MR) is 66.3 cm³/mol. The average Bonchev–Trinajstić information content (AvgIpc) is 2.75. The van der Waals surface area contributed by atoms with Gasteiger partial charge in [0.1, 0.15) is 0 Å². The van der Waals surface area contributed by atoms with E-state index in [-0.39, 0.29) is 36.9 Å². The van der Waals surface area contributed by atoms with Gasteiger partial charge in [0.15, 0.2) is 0 Å². The van der Waals surface area contributed by atoms with Gasteiger partial charge in [0, 0.05) is 18.6 Å². The molecule has 0 saturated carbocycles. The zero-order valence-electron chi connectivity index (χ0n) is 11.2. The van der Waals surface area contributed by atoms with E-state index in [0.717, 1.165) is 0 Å². The van der Waals surface area contributed by atoms with Crippen LogP contribution in [0.3, 0.4) is 0 Å². The smallest absolute Gasteiger partial charge is 0.305 e. The van der Waals surface area contributed by atoms with Crippen LogP contribution in [-0.4, -0.2) is 60.8 Å². The van der Waals surface area contributed by atoms with Gasteiger partial charge in [0.2, 0.25) is 5.91 Å². The second kappa shape index (κ2) is 6.70. The van der Waals surface area contributed by atoms with Gasteiger partial charge in [0.25, 0.3) is 0 Å². The summed E-state index contributed by atoms with van der Waals surface area (Å²) in [6.07, 6.45) is -0.0261. The number of rotatable bonds is 6. The molecule has 1 aliphatic rings. The minimum absolute atomic E-state index is 0.00467. The number of amides is 1. The van der Waals surface area contributed by atoms with Crippen molar-refractivity contribution in [2.24, 2.45) is 5.92 Å². The lowest BCUT2D eigenvalue weighted by molar-refractivity contribution is -0.141. The first-order valence-corrected chi connectivity index (χ1v) is 6.24. The molecule has 0 spiro atoms. The van der Waals surface area contributed by atoms with E-state index < -0.39 is 5.97 Å².